The molecule has 0 radical (unpaired) electrons. The number of likely N-dealkylation sites (tertiary alicyclic amines) is 2. The summed E-state index contributed by atoms with van der Waals surface area (Å²) in [7, 11) is 9.91. The number of hydrogen-bond donors (Lipinski definition) is 1. The smallest absolute Gasteiger partial charge is 0.870 e. The number of carbonyl (C=O) groups excluding carboxylic acids is 5. The van der Waals surface area contributed by atoms with E-state index >= 15 is 0 Å². The summed E-state index contributed by atoms with van der Waals surface area (Å²) in [6, 6.07) is -0.949. The summed E-state index contributed by atoms with van der Waals surface area (Å²) in [5.41, 5.74) is 0. The van der Waals surface area contributed by atoms with Crippen molar-refractivity contribution in [3.05, 3.63) is 0 Å². The van der Waals surface area contributed by atoms with Gasteiger partial charge >= 0.3 is 30.8 Å². The summed E-state index contributed by atoms with van der Waals surface area (Å²) in [5, 5.41) is 9.47. The predicted molar refractivity (Wildman–Crippen MR) is 266 cm³/mol. The number of carboxylic acids is 1. The summed E-state index contributed by atoms with van der Waals surface area (Å²) in [4.78, 5) is 84.4. The van der Waals surface area contributed by atoms with Crippen molar-refractivity contribution in [2.75, 3.05) is 62.2 Å². The summed E-state index contributed by atoms with van der Waals surface area (Å²) < 4.78 is 28.1. The van der Waals surface area contributed by atoms with Crippen molar-refractivity contribution < 1.29 is 81.9 Å². The third-order valence-corrected chi connectivity index (χ3v) is 15.5. The zero-order valence-corrected chi connectivity index (χ0v) is 47.2. The second-order valence-electron chi connectivity index (χ2n) is 20.3. The van der Waals surface area contributed by atoms with Crippen LogP contribution in [0.2, 0.25) is 0 Å². The van der Waals surface area contributed by atoms with Gasteiger partial charge in [-0.3, -0.25) is 28.8 Å². The molecule has 4 amide bonds. The van der Waals surface area contributed by atoms with E-state index in [2.05, 4.69) is 27.7 Å². The number of likely N-dealkylation sites (N-methyl/N-ethyl adjacent to an activating group) is 2. The number of hydrogen-bond acceptors (Lipinski definition) is 12. The fourth-order valence-corrected chi connectivity index (χ4v) is 10.1. The number of ether oxygens (including phenoxy) is 5. The number of carbonyl (C=O) groups is 6. The van der Waals surface area contributed by atoms with E-state index < -0.39 is 42.2 Å². The van der Waals surface area contributed by atoms with E-state index in [1.54, 1.807) is 56.8 Å². The Bertz CT molecular complexity index is 1570. The standard InChI is InChI=1S/C27H50N2O6.C25H46N2O6.Li.H2O/c1-11-18(5)24(28(8)26(31)19(6)17(3)4)22(33-9)16-23(30)29-15-13-14-21(29)25(34-10)20(7)27(32)35-12-2;1-10-16(4)22(26(7)24(29)17(5)15(2)3)20(32-8)14-21(28)27-13-11-12-19(27)23(33-9)18(6)25(30)31;;/h17-22,24-25H,11-16H2,1-10H3;15-20,22-23H,10-14H2,1-9H3,(H,30,31);;1H2/q;;+1;/p-1/t18-,19-,20+,21-,22+,24-,25+;16-,17-,18+,19-,20+,22-,23+;;/m00../s1. The van der Waals surface area contributed by atoms with E-state index in [0.29, 0.717) is 26.1 Å². The second-order valence-corrected chi connectivity index (χ2v) is 20.3. The Kier molecular flexibility index (Phi) is 33.5. The maximum Gasteiger partial charge on any atom is 1.00 e. The van der Waals surface area contributed by atoms with Gasteiger partial charge in [-0.2, -0.15) is 0 Å². The molecule has 18 heteroatoms. The minimum Gasteiger partial charge on any atom is -0.870 e. The molecule has 0 aromatic heterocycles. The molecule has 0 aliphatic carbocycles. The third kappa shape index (κ3) is 18.6. The van der Waals surface area contributed by atoms with E-state index in [9.17, 15) is 33.9 Å². The SMILES string of the molecule is CCOC(=O)[C@H](C)[C@@H](OC)[C@@H]1CCCN1C(=O)C[C@@H](OC)[C@H]([C@@H](C)CC)N(C)C(=O)[C@@H](C)C(C)C.CC[C@H](C)[C@@H]([C@@H](CC(=O)N1CCC[C@H]1[C@H](OC)[C@@H](C)C(=O)O)OC)N(C)C(=O)[C@@H](C)C(C)C.[Li+].[OH-]. The molecule has 0 unspecified atom stereocenters. The molecule has 2 rings (SSSR count). The monoisotopic (exact) mass is 993 g/mol. The molecule has 2 aliphatic heterocycles. The average Bonchev–Trinajstić information content (AvgIpc) is 4.01. The molecule has 0 aromatic carbocycles. The van der Waals surface area contributed by atoms with Crippen LogP contribution in [-0.2, 0) is 52.5 Å². The maximum absolute atomic E-state index is 13.6. The Morgan fingerprint density at radius 3 is 1.19 bits per heavy atom. The number of nitrogens with zero attached hydrogens (tertiary/aromatic N) is 4. The van der Waals surface area contributed by atoms with Crippen molar-refractivity contribution in [1.82, 2.24) is 19.6 Å². The molecule has 2 N–H and O–H groups in total. The van der Waals surface area contributed by atoms with E-state index in [-0.39, 0.29) is 126 Å². The first-order valence-electron chi connectivity index (χ1n) is 25.5. The average molecular weight is 993 g/mol. The van der Waals surface area contributed by atoms with Crippen LogP contribution >= 0.6 is 0 Å². The topological polar surface area (TPSA) is 212 Å². The Morgan fingerprint density at radius 1 is 0.571 bits per heavy atom. The molecule has 14 atom stereocenters. The van der Waals surface area contributed by atoms with Crippen molar-refractivity contribution in [3.8, 4) is 0 Å². The zero-order chi connectivity index (χ0) is 52.3. The van der Waals surface area contributed by atoms with Crippen LogP contribution in [0.4, 0.5) is 0 Å². The Labute approximate surface area is 434 Å². The quantitative estimate of drug-likeness (QED) is 0.0917. The van der Waals surface area contributed by atoms with Gasteiger partial charge in [-0.25, -0.2) is 0 Å². The summed E-state index contributed by atoms with van der Waals surface area (Å²) >= 11 is 0. The van der Waals surface area contributed by atoms with Gasteiger partial charge in [0.1, 0.15) is 0 Å². The van der Waals surface area contributed by atoms with Gasteiger partial charge in [-0.15, -0.1) is 0 Å². The number of amides is 4. The first-order valence-corrected chi connectivity index (χ1v) is 25.5. The molecule has 2 aliphatic rings. The first kappa shape index (κ1) is 69.3. The number of esters is 1. The molecule has 404 valence electrons. The van der Waals surface area contributed by atoms with Gasteiger partial charge in [0.25, 0.3) is 0 Å². The number of rotatable bonds is 27. The Morgan fingerprint density at radius 2 is 0.914 bits per heavy atom. The van der Waals surface area contributed by atoms with Gasteiger partial charge in [0.05, 0.1) is 79.9 Å². The number of carboxylic acid groups (broad SMARTS) is 1. The van der Waals surface area contributed by atoms with Gasteiger partial charge in [0, 0.05) is 67.5 Å². The molecule has 2 fully saturated rings. The molecule has 0 aromatic rings. The fourth-order valence-electron chi connectivity index (χ4n) is 10.1. The third-order valence-electron chi connectivity index (χ3n) is 15.5. The van der Waals surface area contributed by atoms with Crippen LogP contribution in [0.5, 0.6) is 0 Å². The van der Waals surface area contributed by atoms with Crippen molar-refractivity contribution >= 4 is 35.6 Å². The van der Waals surface area contributed by atoms with E-state index in [4.69, 9.17) is 23.7 Å². The van der Waals surface area contributed by atoms with Gasteiger partial charge in [0.15, 0.2) is 0 Å². The fraction of sp³-hybridized carbons (Fsp3) is 0.885. The molecule has 2 heterocycles. The van der Waals surface area contributed by atoms with Crippen molar-refractivity contribution in [2.45, 2.75) is 190 Å². The predicted octanol–water partition coefficient (Wildman–Crippen LogP) is 3.87. The molecule has 70 heavy (non-hydrogen) atoms. The van der Waals surface area contributed by atoms with Gasteiger partial charge in [0.2, 0.25) is 23.6 Å². The Balaban J connectivity index is 0. The minimum atomic E-state index is -0.938. The van der Waals surface area contributed by atoms with Crippen molar-refractivity contribution in [2.24, 2.45) is 47.3 Å². The first-order chi connectivity index (χ1) is 31.9. The van der Waals surface area contributed by atoms with Gasteiger partial charge in [-0.05, 0) is 70.1 Å². The molecular weight excluding hydrogens is 896 g/mol. The normalized spacial score (nSPS) is 20.9. The van der Waals surface area contributed by atoms with Crippen LogP contribution in [0.25, 0.3) is 0 Å². The maximum atomic E-state index is 13.6. The van der Waals surface area contributed by atoms with Crippen LogP contribution in [0.1, 0.15) is 141 Å². The van der Waals surface area contributed by atoms with Crippen molar-refractivity contribution in [1.29, 1.82) is 0 Å². The summed E-state index contributed by atoms with van der Waals surface area (Å²) in [5.74, 6) is -1.96. The molecular formula is C52H97LiN4O13. The second kappa shape index (κ2) is 33.8. The zero-order valence-electron chi connectivity index (χ0n) is 47.2. The summed E-state index contributed by atoms with van der Waals surface area (Å²) in [6.07, 6.45) is 3.23. The van der Waals surface area contributed by atoms with E-state index in [1.165, 1.54) is 7.11 Å². The number of aliphatic carboxylic acids is 1. The molecule has 17 nitrogen and oxygen atoms in total. The molecule has 0 saturated carbocycles. The Hall–Kier alpha value is -2.78. The molecule has 2 saturated heterocycles. The summed E-state index contributed by atoms with van der Waals surface area (Å²) in [6.45, 7) is 27.1. The van der Waals surface area contributed by atoms with E-state index in [1.807, 2.05) is 60.5 Å². The molecule has 0 bridgehead atoms. The molecule has 0 spiro atoms. The van der Waals surface area contributed by atoms with Crippen LogP contribution < -0.4 is 18.9 Å². The largest absolute Gasteiger partial charge is 1.00 e. The van der Waals surface area contributed by atoms with Crippen LogP contribution in [-0.4, -0.2) is 177 Å². The van der Waals surface area contributed by atoms with E-state index in [0.717, 1.165) is 32.1 Å². The van der Waals surface area contributed by atoms with Crippen LogP contribution in [0, 0.1) is 47.3 Å². The van der Waals surface area contributed by atoms with Crippen LogP contribution in [0.15, 0.2) is 0 Å². The van der Waals surface area contributed by atoms with Crippen LogP contribution in [0.3, 0.4) is 0 Å². The van der Waals surface area contributed by atoms with Gasteiger partial charge in [-0.1, -0.05) is 82.1 Å². The van der Waals surface area contributed by atoms with Gasteiger partial charge < -0.3 is 53.9 Å². The number of methoxy groups -OCH3 is 4. The minimum absolute atomic E-state index is 0. The van der Waals surface area contributed by atoms with Crippen molar-refractivity contribution in [3.63, 3.8) is 0 Å².